The molecule has 1 atom stereocenters. The van der Waals surface area contributed by atoms with Crippen molar-refractivity contribution in [2.24, 2.45) is 0 Å². The molecule has 0 aliphatic heterocycles. The molecule has 1 aromatic carbocycles. The van der Waals surface area contributed by atoms with Crippen LogP contribution in [-0.2, 0) is 11.2 Å². The summed E-state index contributed by atoms with van der Waals surface area (Å²) in [5.74, 6) is -0.0241. The van der Waals surface area contributed by atoms with E-state index in [0.717, 1.165) is 56.7 Å². The summed E-state index contributed by atoms with van der Waals surface area (Å²) in [6, 6.07) is 6.14. The van der Waals surface area contributed by atoms with Gasteiger partial charge in [-0.2, -0.15) is 0 Å². The molecule has 0 fully saturated rings. The van der Waals surface area contributed by atoms with Gasteiger partial charge in [-0.3, -0.25) is 4.79 Å². The van der Waals surface area contributed by atoms with Crippen molar-refractivity contribution in [3.63, 3.8) is 0 Å². The van der Waals surface area contributed by atoms with Crippen LogP contribution in [-0.4, -0.2) is 26.0 Å². The Bertz CT molecular complexity index is 999. The number of aliphatic carboxylic acids is 1. The number of hydrogen-bond acceptors (Lipinski definition) is 6. The molecule has 0 bridgehead atoms. The number of carboxylic acids is 1. The van der Waals surface area contributed by atoms with Crippen molar-refractivity contribution < 1.29 is 9.90 Å². The van der Waals surface area contributed by atoms with Crippen LogP contribution in [0.15, 0.2) is 30.6 Å². The summed E-state index contributed by atoms with van der Waals surface area (Å²) in [5, 5.41) is 13.7. The maximum Gasteiger partial charge on any atom is 0.303 e. The lowest BCUT2D eigenvalue weighted by Crippen LogP contribution is -2.06. The number of rotatable bonds is 8. The first-order valence-corrected chi connectivity index (χ1v) is 10.6. The van der Waals surface area contributed by atoms with E-state index in [9.17, 15) is 9.90 Å². The van der Waals surface area contributed by atoms with Gasteiger partial charge in [-0.25, -0.2) is 15.0 Å². The highest BCUT2D eigenvalue weighted by Crippen LogP contribution is 2.38. The number of nitrogens with zero attached hydrogens (tertiary/aromatic N) is 3. The number of carboxylic acid groups (broad SMARTS) is 1. The van der Waals surface area contributed by atoms with E-state index in [-0.39, 0.29) is 12.3 Å². The van der Waals surface area contributed by atoms with Crippen molar-refractivity contribution in [3.8, 4) is 10.4 Å². The Morgan fingerprint density at radius 1 is 1.21 bits per heavy atom. The third kappa shape index (κ3) is 4.98. The van der Waals surface area contributed by atoms with Crippen molar-refractivity contribution in [2.75, 3.05) is 5.32 Å². The van der Waals surface area contributed by atoms with Gasteiger partial charge < -0.3 is 10.4 Å². The van der Waals surface area contributed by atoms with E-state index in [4.69, 9.17) is 0 Å². The van der Waals surface area contributed by atoms with Crippen molar-refractivity contribution in [1.82, 2.24) is 15.0 Å². The topological polar surface area (TPSA) is 88.0 Å². The van der Waals surface area contributed by atoms with Gasteiger partial charge in [-0.1, -0.05) is 26.0 Å². The predicted molar refractivity (Wildman–Crippen MR) is 117 cm³/mol. The van der Waals surface area contributed by atoms with Gasteiger partial charge in [0.2, 0.25) is 0 Å². The van der Waals surface area contributed by atoms with E-state index in [2.05, 4.69) is 32.4 Å². The van der Waals surface area contributed by atoms with E-state index in [0.29, 0.717) is 0 Å². The average Bonchev–Trinajstić information content (AvgIpc) is 3.04. The van der Waals surface area contributed by atoms with Crippen molar-refractivity contribution >= 4 is 28.7 Å². The second-order valence-corrected chi connectivity index (χ2v) is 8.23. The van der Waals surface area contributed by atoms with Crippen molar-refractivity contribution in [1.29, 1.82) is 0 Å². The quantitative estimate of drug-likeness (QED) is 0.510. The van der Waals surface area contributed by atoms with Gasteiger partial charge in [0.1, 0.15) is 5.82 Å². The summed E-state index contributed by atoms with van der Waals surface area (Å²) in [5.41, 5.74) is 4.74. The Hall–Kier alpha value is -2.80. The minimum Gasteiger partial charge on any atom is -0.481 e. The Kier molecular flexibility index (Phi) is 6.59. The zero-order chi connectivity index (χ0) is 21.0. The van der Waals surface area contributed by atoms with Crippen LogP contribution in [0, 0.1) is 13.8 Å². The standard InChI is InChI=1S/C22H26N4O2S/c1-5-15(10-21(27)28)16-7-8-18(22-13(3)25-14(4)29-22)19(9-16)26-17-11-23-20(6-2)24-12-17/h7-9,11-12,15,26H,5-6,10H2,1-4H3,(H,27,28)/t15-/m1/s1. The summed E-state index contributed by atoms with van der Waals surface area (Å²) in [7, 11) is 0. The number of anilines is 2. The van der Waals surface area contributed by atoms with Crippen LogP contribution in [0.4, 0.5) is 11.4 Å². The van der Waals surface area contributed by atoms with E-state index >= 15 is 0 Å². The first-order chi connectivity index (χ1) is 13.9. The monoisotopic (exact) mass is 410 g/mol. The lowest BCUT2D eigenvalue weighted by Gasteiger charge is -2.18. The molecule has 3 rings (SSSR count). The van der Waals surface area contributed by atoms with Gasteiger partial charge in [0.25, 0.3) is 0 Å². The van der Waals surface area contributed by atoms with Crippen LogP contribution < -0.4 is 5.32 Å². The van der Waals surface area contributed by atoms with Crippen LogP contribution in [0.1, 0.15) is 54.7 Å². The molecule has 7 heteroatoms. The fourth-order valence-electron chi connectivity index (χ4n) is 3.36. The molecule has 0 aliphatic carbocycles. The van der Waals surface area contributed by atoms with Crippen molar-refractivity contribution in [3.05, 3.63) is 52.7 Å². The highest BCUT2D eigenvalue weighted by atomic mass is 32.1. The Morgan fingerprint density at radius 2 is 1.93 bits per heavy atom. The Balaban J connectivity index is 2.05. The number of carbonyl (C=O) groups is 1. The van der Waals surface area contributed by atoms with Gasteiger partial charge in [0.05, 0.1) is 40.1 Å². The zero-order valence-electron chi connectivity index (χ0n) is 17.2. The summed E-state index contributed by atoms with van der Waals surface area (Å²) < 4.78 is 0. The van der Waals surface area contributed by atoms with E-state index < -0.39 is 5.97 Å². The lowest BCUT2D eigenvalue weighted by molar-refractivity contribution is -0.137. The molecule has 0 amide bonds. The number of nitrogens with one attached hydrogen (secondary N) is 1. The summed E-state index contributed by atoms with van der Waals surface area (Å²) >= 11 is 1.65. The van der Waals surface area contributed by atoms with Gasteiger partial charge in [0, 0.05) is 17.7 Å². The molecule has 2 aromatic heterocycles. The molecule has 6 nitrogen and oxygen atoms in total. The third-order valence-corrected chi connectivity index (χ3v) is 5.98. The fourth-order valence-corrected chi connectivity index (χ4v) is 4.32. The highest BCUT2D eigenvalue weighted by Gasteiger charge is 2.18. The third-order valence-electron chi connectivity index (χ3n) is 4.88. The molecule has 0 saturated carbocycles. The van der Waals surface area contributed by atoms with Gasteiger partial charge in [0.15, 0.2) is 0 Å². The number of aromatic nitrogens is 3. The van der Waals surface area contributed by atoms with Crippen LogP contribution >= 0.6 is 11.3 Å². The molecule has 2 N–H and O–H groups in total. The van der Waals surface area contributed by atoms with Crippen LogP contribution in [0.2, 0.25) is 0 Å². The second kappa shape index (κ2) is 9.13. The molecule has 0 spiro atoms. The lowest BCUT2D eigenvalue weighted by atomic mass is 9.91. The molecular weight excluding hydrogens is 384 g/mol. The number of benzene rings is 1. The van der Waals surface area contributed by atoms with Crippen LogP contribution in [0.25, 0.3) is 10.4 Å². The summed E-state index contributed by atoms with van der Waals surface area (Å²) in [6.07, 6.45) is 5.22. The minimum absolute atomic E-state index is 0.0369. The number of aryl methyl sites for hydroxylation is 3. The van der Waals surface area contributed by atoms with Gasteiger partial charge in [-0.05, 0) is 37.8 Å². The smallest absolute Gasteiger partial charge is 0.303 e. The maximum absolute atomic E-state index is 11.3. The number of hydrogen-bond donors (Lipinski definition) is 2. The highest BCUT2D eigenvalue weighted by molar-refractivity contribution is 7.15. The first kappa shape index (κ1) is 20.9. The molecular formula is C22H26N4O2S. The molecule has 152 valence electrons. The van der Waals surface area contributed by atoms with Crippen LogP contribution in [0.5, 0.6) is 0 Å². The molecule has 0 radical (unpaired) electrons. The maximum atomic E-state index is 11.3. The molecule has 3 aromatic rings. The number of thiazole rings is 1. The van der Waals surface area contributed by atoms with Gasteiger partial charge in [-0.15, -0.1) is 11.3 Å². The van der Waals surface area contributed by atoms with E-state index in [1.807, 2.05) is 33.8 Å². The minimum atomic E-state index is -0.784. The van der Waals surface area contributed by atoms with Crippen LogP contribution in [0.3, 0.4) is 0 Å². The fraction of sp³-hybridized carbons (Fsp3) is 0.364. The first-order valence-electron chi connectivity index (χ1n) is 9.79. The Labute approximate surface area is 175 Å². The zero-order valence-corrected chi connectivity index (χ0v) is 18.0. The molecule has 0 saturated heterocycles. The average molecular weight is 411 g/mol. The SMILES string of the molecule is CCc1ncc(Nc2cc([C@H](CC)CC(=O)O)ccc2-c2sc(C)nc2C)cn1. The normalized spacial score (nSPS) is 12.0. The summed E-state index contributed by atoms with van der Waals surface area (Å²) in [6.45, 7) is 8.05. The Morgan fingerprint density at radius 3 is 2.48 bits per heavy atom. The largest absolute Gasteiger partial charge is 0.481 e. The molecule has 29 heavy (non-hydrogen) atoms. The van der Waals surface area contributed by atoms with E-state index in [1.54, 1.807) is 23.7 Å². The summed E-state index contributed by atoms with van der Waals surface area (Å²) in [4.78, 5) is 25.7. The van der Waals surface area contributed by atoms with Gasteiger partial charge >= 0.3 is 5.97 Å². The molecule has 0 aliphatic rings. The molecule has 2 heterocycles. The second-order valence-electron chi connectivity index (χ2n) is 7.02. The molecule has 0 unspecified atom stereocenters. The predicted octanol–water partition coefficient (Wildman–Crippen LogP) is 5.49. The van der Waals surface area contributed by atoms with Crippen molar-refractivity contribution in [2.45, 2.75) is 52.9 Å². The van der Waals surface area contributed by atoms with E-state index in [1.165, 1.54) is 0 Å².